The first-order valence-electron chi connectivity index (χ1n) is 11.6. The second-order valence-electron chi connectivity index (χ2n) is 9.38. The number of ether oxygens (including phenoxy) is 1. The molecule has 2 N–H and O–H groups in total. The molecule has 1 aromatic carbocycles. The molecule has 168 valence electrons. The number of rotatable bonds is 6. The maximum atomic E-state index is 6.10. The fourth-order valence-corrected chi connectivity index (χ4v) is 4.80. The first kappa shape index (κ1) is 22.0. The molecular formula is C24H36N6O. The van der Waals surface area contributed by atoms with Crippen LogP contribution in [-0.2, 0) is 16.6 Å². The van der Waals surface area contributed by atoms with Gasteiger partial charge in [0.05, 0.1) is 13.2 Å². The Morgan fingerprint density at radius 2 is 1.74 bits per heavy atom. The average molecular weight is 425 g/mol. The minimum absolute atomic E-state index is 0.252. The van der Waals surface area contributed by atoms with E-state index < -0.39 is 0 Å². The minimum atomic E-state index is -0.252. The number of nitrogens with two attached hydrogens (primary N) is 1. The van der Waals surface area contributed by atoms with Crippen LogP contribution in [-0.4, -0.2) is 65.8 Å². The topological polar surface area (TPSA) is 80.4 Å². The number of hydrogen-bond acceptors (Lipinski definition) is 7. The highest BCUT2D eigenvalue weighted by molar-refractivity contribution is 5.38. The van der Waals surface area contributed by atoms with Gasteiger partial charge in [-0.15, -0.1) is 0 Å². The number of anilines is 2. The second-order valence-corrected chi connectivity index (χ2v) is 9.38. The van der Waals surface area contributed by atoms with Crippen LogP contribution in [0, 0.1) is 0 Å². The molecule has 7 heteroatoms. The zero-order chi connectivity index (χ0) is 21.8. The lowest BCUT2D eigenvalue weighted by molar-refractivity contribution is 0.122. The summed E-state index contributed by atoms with van der Waals surface area (Å²) in [4.78, 5) is 18.5. The molecule has 0 unspecified atom stereocenters. The van der Waals surface area contributed by atoms with Gasteiger partial charge in [-0.3, -0.25) is 0 Å². The van der Waals surface area contributed by atoms with Crippen LogP contribution in [0.2, 0.25) is 0 Å². The largest absolute Gasteiger partial charge is 0.378 e. The molecule has 0 aliphatic carbocycles. The van der Waals surface area contributed by atoms with Gasteiger partial charge in [0.1, 0.15) is 5.82 Å². The van der Waals surface area contributed by atoms with Gasteiger partial charge in [0, 0.05) is 18.5 Å². The molecule has 2 aliphatic rings. The fourth-order valence-electron chi connectivity index (χ4n) is 4.80. The highest BCUT2D eigenvalue weighted by Crippen LogP contribution is 2.34. The molecule has 0 amide bonds. The van der Waals surface area contributed by atoms with Gasteiger partial charge in [0.15, 0.2) is 0 Å². The number of piperidine rings is 1. The average Bonchev–Trinajstić information content (AvgIpc) is 2.79. The number of benzene rings is 1. The summed E-state index contributed by atoms with van der Waals surface area (Å²) in [5, 5.41) is 0. The van der Waals surface area contributed by atoms with Gasteiger partial charge < -0.3 is 20.3 Å². The lowest BCUT2D eigenvalue weighted by Crippen LogP contribution is -2.38. The molecule has 3 heterocycles. The third kappa shape index (κ3) is 5.15. The normalized spacial score (nSPS) is 19.0. The summed E-state index contributed by atoms with van der Waals surface area (Å²) in [5.41, 5.74) is 8.74. The molecule has 2 fully saturated rings. The molecule has 31 heavy (non-hydrogen) atoms. The SMILES string of the molecule is CCN1CCC(c2ccccc2CC(C)(C)c2nc(N)nc(N3CCOCC3)n2)CC1. The maximum Gasteiger partial charge on any atom is 0.230 e. The molecule has 0 atom stereocenters. The summed E-state index contributed by atoms with van der Waals surface area (Å²) in [5.74, 6) is 2.35. The zero-order valence-corrected chi connectivity index (χ0v) is 19.2. The fraction of sp³-hybridized carbons (Fsp3) is 0.625. The quantitative estimate of drug-likeness (QED) is 0.763. The molecule has 1 aromatic heterocycles. The Labute approximate surface area is 186 Å². The predicted molar refractivity (Wildman–Crippen MR) is 125 cm³/mol. The van der Waals surface area contributed by atoms with Crippen molar-refractivity contribution < 1.29 is 4.74 Å². The van der Waals surface area contributed by atoms with Crippen molar-refractivity contribution in [3.05, 3.63) is 41.2 Å². The third-order valence-corrected chi connectivity index (χ3v) is 6.70. The van der Waals surface area contributed by atoms with Gasteiger partial charge in [0.25, 0.3) is 0 Å². The number of nitrogen functional groups attached to an aromatic ring is 1. The van der Waals surface area contributed by atoms with E-state index >= 15 is 0 Å². The summed E-state index contributed by atoms with van der Waals surface area (Å²) in [6, 6.07) is 8.92. The van der Waals surface area contributed by atoms with Gasteiger partial charge >= 0.3 is 0 Å². The summed E-state index contributed by atoms with van der Waals surface area (Å²) in [6.45, 7) is 13.1. The maximum absolute atomic E-state index is 6.10. The lowest BCUT2D eigenvalue weighted by atomic mass is 9.79. The lowest BCUT2D eigenvalue weighted by Gasteiger charge is -2.33. The molecule has 2 aromatic rings. The van der Waals surface area contributed by atoms with E-state index in [9.17, 15) is 0 Å². The summed E-state index contributed by atoms with van der Waals surface area (Å²) in [6.07, 6.45) is 3.33. The van der Waals surface area contributed by atoms with E-state index in [1.807, 2.05) is 0 Å². The monoisotopic (exact) mass is 424 g/mol. The Morgan fingerprint density at radius 1 is 1.03 bits per heavy atom. The van der Waals surface area contributed by atoms with Crippen molar-refractivity contribution in [1.29, 1.82) is 0 Å². The van der Waals surface area contributed by atoms with Crippen molar-refractivity contribution in [3.63, 3.8) is 0 Å². The van der Waals surface area contributed by atoms with E-state index in [1.165, 1.54) is 37.1 Å². The molecule has 7 nitrogen and oxygen atoms in total. The number of nitrogens with zero attached hydrogens (tertiary/aromatic N) is 5. The van der Waals surface area contributed by atoms with Crippen LogP contribution in [0.1, 0.15) is 56.5 Å². The van der Waals surface area contributed by atoms with Crippen LogP contribution in [0.25, 0.3) is 0 Å². The van der Waals surface area contributed by atoms with Crippen LogP contribution in [0.15, 0.2) is 24.3 Å². The molecular weight excluding hydrogens is 388 g/mol. The van der Waals surface area contributed by atoms with Crippen molar-refractivity contribution in [2.75, 3.05) is 56.6 Å². The number of hydrogen-bond donors (Lipinski definition) is 1. The molecule has 4 rings (SSSR count). The van der Waals surface area contributed by atoms with Crippen molar-refractivity contribution in [2.45, 2.75) is 51.4 Å². The number of likely N-dealkylation sites (tertiary alicyclic amines) is 1. The summed E-state index contributed by atoms with van der Waals surface area (Å²) >= 11 is 0. The Kier molecular flexibility index (Phi) is 6.72. The van der Waals surface area contributed by atoms with Crippen molar-refractivity contribution in [1.82, 2.24) is 19.9 Å². The summed E-state index contributed by atoms with van der Waals surface area (Å²) in [7, 11) is 0. The highest BCUT2D eigenvalue weighted by Gasteiger charge is 2.30. The van der Waals surface area contributed by atoms with Gasteiger partial charge in [-0.2, -0.15) is 15.0 Å². The molecule has 0 saturated carbocycles. The van der Waals surface area contributed by atoms with Crippen LogP contribution in [0.4, 0.5) is 11.9 Å². The van der Waals surface area contributed by atoms with Crippen LogP contribution in [0.3, 0.4) is 0 Å². The van der Waals surface area contributed by atoms with E-state index in [2.05, 4.69) is 64.8 Å². The summed E-state index contributed by atoms with van der Waals surface area (Å²) < 4.78 is 5.47. The third-order valence-electron chi connectivity index (χ3n) is 6.70. The molecule has 0 spiro atoms. The Bertz CT molecular complexity index is 872. The Hall–Kier alpha value is -2.25. The van der Waals surface area contributed by atoms with E-state index in [4.69, 9.17) is 15.5 Å². The Morgan fingerprint density at radius 3 is 2.45 bits per heavy atom. The van der Waals surface area contributed by atoms with Crippen molar-refractivity contribution >= 4 is 11.9 Å². The molecule has 0 bridgehead atoms. The van der Waals surface area contributed by atoms with E-state index in [1.54, 1.807) is 0 Å². The zero-order valence-electron chi connectivity index (χ0n) is 19.2. The smallest absolute Gasteiger partial charge is 0.230 e. The second kappa shape index (κ2) is 9.49. The highest BCUT2D eigenvalue weighted by atomic mass is 16.5. The molecule has 2 saturated heterocycles. The first-order chi connectivity index (χ1) is 15.0. The van der Waals surface area contributed by atoms with Crippen LogP contribution >= 0.6 is 0 Å². The number of aromatic nitrogens is 3. The van der Waals surface area contributed by atoms with Crippen molar-refractivity contribution in [2.24, 2.45) is 0 Å². The number of morpholine rings is 1. The van der Waals surface area contributed by atoms with E-state index in [0.29, 0.717) is 31.0 Å². The van der Waals surface area contributed by atoms with Gasteiger partial charge in [-0.05, 0) is 55.9 Å². The van der Waals surface area contributed by atoms with Crippen molar-refractivity contribution in [3.8, 4) is 0 Å². The predicted octanol–water partition coefficient (Wildman–Crippen LogP) is 3.01. The Balaban J connectivity index is 1.56. The molecule has 2 aliphatic heterocycles. The molecule has 0 radical (unpaired) electrons. The van der Waals surface area contributed by atoms with Crippen LogP contribution < -0.4 is 10.6 Å². The van der Waals surface area contributed by atoms with Gasteiger partial charge in [-0.25, -0.2) is 0 Å². The first-order valence-corrected chi connectivity index (χ1v) is 11.6. The minimum Gasteiger partial charge on any atom is -0.378 e. The van der Waals surface area contributed by atoms with Gasteiger partial charge in [0.2, 0.25) is 11.9 Å². The van der Waals surface area contributed by atoms with E-state index in [0.717, 1.165) is 31.9 Å². The van der Waals surface area contributed by atoms with Gasteiger partial charge in [-0.1, -0.05) is 45.0 Å². The van der Waals surface area contributed by atoms with Crippen LogP contribution in [0.5, 0.6) is 0 Å². The standard InChI is InChI=1S/C24H36N6O/c1-4-29-11-9-18(10-12-29)20-8-6-5-7-19(20)17-24(2,3)21-26-22(25)28-23(27-21)30-13-15-31-16-14-30/h5-8,18H,4,9-17H2,1-3H3,(H2,25,26,27,28). The van der Waals surface area contributed by atoms with E-state index in [-0.39, 0.29) is 5.41 Å².